The van der Waals surface area contributed by atoms with Crippen molar-refractivity contribution in [2.75, 3.05) is 13.1 Å². The Hall–Kier alpha value is -1.29. The average Bonchev–Trinajstić information content (AvgIpc) is 2.37. The predicted molar refractivity (Wildman–Crippen MR) is 74.7 cm³/mol. The van der Waals surface area contributed by atoms with E-state index in [0.29, 0.717) is 5.41 Å². The quantitative estimate of drug-likeness (QED) is 0.788. The van der Waals surface area contributed by atoms with Crippen LogP contribution < -0.4 is 0 Å². The molecule has 110 valence electrons. The maximum atomic E-state index is 13.7. The lowest BCUT2D eigenvalue weighted by Crippen LogP contribution is -2.46. The number of likely N-dealkylation sites (tertiary alicyclic amines) is 1. The number of hydrogen-bond donors (Lipinski definition) is 0. The van der Waals surface area contributed by atoms with Gasteiger partial charge in [0, 0.05) is 6.07 Å². The largest absolute Gasteiger partial charge is 0.293 e. The van der Waals surface area contributed by atoms with E-state index in [1.165, 1.54) is 6.07 Å². The highest BCUT2D eigenvalue weighted by Gasteiger charge is 2.31. The van der Waals surface area contributed by atoms with Gasteiger partial charge in [0.05, 0.1) is 11.6 Å². The molecule has 4 heteroatoms. The normalized spacial score (nSPS) is 20.6. The van der Waals surface area contributed by atoms with Crippen LogP contribution in [0.3, 0.4) is 0 Å². The van der Waals surface area contributed by atoms with Gasteiger partial charge in [-0.1, -0.05) is 13.8 Å². The fourth-order valence-electron chi connectivity index (χ4n) is 2.60. The summed E-state index contributed by atoms with van der Waals surface area (Å²) in [7, 11) is 0. The minimum absolute atomic E-state index is 0.0243. The third-order valence-electron chi connectivity index (χ3n) is 4.28. The van der Waals surface area contributed by atoms with Crippen molar-refractivity contribution in [3.8, 4) is 0 Å². The molecule has 0 radical (unpaired) electrons. The highest BCUT2D eigenvalue weighted by Crippen LogP contribution is 2.31. The SMILES string of the molecule is CC(C(=O)c1ccc(F)cc1F)N1CCC(C)(C)CC1. The topological polar surface area (TPSA) is 20.3 Å². The molecule has 0 saturated carbocycles. The van der Waals surface area contributed by atoms with E-state index in [9.17, 15) is 13.6 Å². The second-order valence-corrected chi connectivity index (χ2v) is 6.36. The van der Waals surface area contributed by atoms with E-state index in [-0.39, 0.29) is 17.4 Å². The summed E-state index contributed by atoms with van der Waals surface area (Å²) in [5.74, 6) is -1.71. The first kappa shape index (κ1) is 15.1. The second-order valence-electron chi connectivity index (χ2n) is 6.36. The molecule has 1 aromatic rings. The van der Waals surface area contributed by atoms with Gasteiger partial charge in [-0.2, -0.15) is 0 Å². The van der Waals surface area contributed by atoms with Gasteiger partial charge < -0.3 is 0 Å². The van der Waals surface area contributed by atoms with Crippen LogP contribution >= 0.6 is 0 Å². The molecule has 20 heavy (non-hydrogen) atoms. The van der Waals surface area contributed by atoms with Gasteiger partial charge in [0.15, 0.2) is 5.78 Å². The van der Waals surface area contributed by atoms with Crippen molar-refractivity contribution in [1.82, 2.24) is 4.90 Å². The van der Waals surface area contributed by atoms with Crippen LogP contribution in [-0.2, 0) is 0 Å². The van der Waals surface area contributed by atoms with Crippen molar-refractivity contribution in [3.05, 3.63) is 35.4 Å². The first-order valence-corrected chi connectivity index (χ1v) is 7.03. The van der Waals surface area contributed by atoms with Crippen LogP contribution in [0.2, 0.25) is 0 Å². The van der Waals surface area contributed by atoms with Gasteiger partial charge in [0.25, 0.3) is 0 Å². The Kier molecular flexibility index (Phi) is 4.23. The third kappa shape index (κ3) is 3.23. The van der Waals surface area contributed by atoms with E-state index in [2.05, 4.69) is 18.7 Å². The average molecular weight is 281 g/mol. The summed E-state index contributed by atoms with van der Waals surface area (Å²) in [4.78, 5) is 14.4. The monoisotopic (exact) mass is 281 g/mol. The fraction of sp³-hybridized carbons (Fsp3) is 0.562. The van der Waals surface area contributed by atoms with E-state index in [1.807, 2.05) is 0 Å². The van der Waals surface area contributed by atoms with Crippen molar-refractivity contribution >= 4 is 5.78 Å². The Balaban J connectivity index is 2.09. The number of Topliss-reactive ketones (excluding diaryl/α,β-unsaturated/α-hetero) is 1. The number of carbonyl (C=O) groups is 1. The third-order valence-corrected chi connectivity index (χ3v) is 4.28. The van der Waals surface area contributed by atoms with E-state index in [0.717, 1.165) is 38.1 Å². The Morgan fingerprint density at radius 3 is 2.40 bits per heavy atom. The lowest BCUT2D eigenvalue weighted by atomic mass is 9.82. The standard InChI is InChI=1S/C16H21F2NO/c1-11(19-8-6-16(2,3)7-9-19)15(20)13-5-4-12(17)10-14(13)18/h4-5,10-11H,6-9H2,1-3H3. The Morgan fingerprint density at radius 2 is 1.85 bits per heavy atom. The Morgan fingerprint density at radius 1 is 1.25 bits per heavy atom. The molecule has 0 aliphatic carbocycles. The summed E-state index contributed by atoms with van der Waals surface area (Å²) < 4.78 is 26.6. The smallest absolute Gasteiger partial charge is 0.182 e. The summed E-state index contributed by atoms with van der Waals surface area (Å²) in [5.41, 5.74) is 0.282. The van der Waals surface area contributed by atoms with Crippen LogP contribution in [0.4, 0.5) is 8.78 Å². The van der Waals surface area contributed by atoms with Crippen LogP contribution in [0.15, 0.2) is 18.2 Å². The molecule has 1 aromatic carbocycles. The summed E-state index contributed by atoms with van der Waals surface area (Å²) in [6.07, 6.45) is 2.05. The Labute approximate surface area is 118 Å². The maximum Gasteiger partial charge on any atom is 0.182 e. The number of ketones is 1. The van der Waals surface area contributed by atoms with Crippen LogP contribution in [-0.4, -0.2) is 29.8 Å². The van der Waals surface area contributed by atoms with Crippen LogP contribution in [0.5, 0.6) is 0 Å². The molecule has 0 bridgehead atoms. The molecule has 2 nitrogen and oxygen atoms in total. The van der Waals surface area contributed by atoms with Crippen molar-refractivity contribution in [1.29, 1.82) is 0 Å². The Bertz CT molecular complexity index is 503. The zero-order valence-corrected chi connectivity index (χ0v) is 12.2. The minimum atomic E-state index is -0.779. The lowest BCUT2D eigenvalue weighted by molar-refractivity contribution is 0.0683. The van der Waals surface area contributed by atoms with Gasteiger partial charge in [0.2, 0.25) is 0 Å². The number of nitrogens with zero attached hydrogens (tertiary/aromatic N) is 1. The van der Waals surface area contributed by atoms with Crippen LogP contribution in [0.1, 0.15) is 44.0 Å². The molecule has 0 N–H and O–H groups in total. The van der Waals surface area contributed by atoms with Crippen molar-refractivity contribution < 1.29 is 13.6 Å². The second kappa shape index (κ2) is 5.60. The number of carbonyl (C=O) groups excluding carboxylic acids is 1. The van der Waals surface area contributed by atoms with Gasteiger partial charge in [0.1, 0.15) is 11.6 Å². The number of hydrogen-bond acceptors (Lipinski definition) is 2. The van der Waals surface area contributed by atoms with E-state index in [1.54, 1.807) is 6.92 Å². The van der Waals surface area contributed by atoms with Crippen LogP contribution in [0.25, 0.3) is 0 Å². The molecular weight excluding hydrogens is 260 g/mol. The number of benzene rings is 1. The highest BCUT2D eigenvalue weighted by atomic mass is 19.1. The molecule has 1 unspecified atom stereocenters. The summed E-state index contributed by atoms with van der Waals surface area (Å²) in [5, 5.41) is 0. The molecule has 1 fully saturated rings. The van der Waals surface area contributed by atoms with E-state index < -0.39 is 11.6 Å². The molecule has 1 aliphatic rings. The van der Waals surface area contributed by atoms with Gasteiger partial charge in [-0.25, -0.2) is 8.78 Å². The molecule has 1 saturated heterocycles. The van der Waals surface area contributed by atoms with Gasteiger partial charge in [-0.3, -0.25) is 9.69 Å². The highest BCUT2D eigenvalue weighted by molar-refractivity contribution is 6.00. The molecule has 1 atom stereocenters. The van der Waals surface area contributed by atoms with E-state index >= 15 is 0 Å². The first-order chi connectivity index (χ1) is 9.30. The van der Waals surface area contributed by atoms with E-state index in [4.69, 9.17) is 0 Å². The molecule has 1 aliphatic heterocycles. The maximum absolute atomic E-state index is 13.7. The molecule has 0 spiro atoms. The fourth-order valence-corrected chi connectivity index (χ4v) is 2.60. The molecule has 1 heterocycles. The molecule has 2 rings (SSSR count). The summed E-state index contributed by atoms with van der Waals surface area (Å²) in [6, 6.07) is 2.75. The number of halogens is 2. The molecule has 0 aromatic heterocycles. The van der Waals surface area contributed by atoms with Crippen molar-refractivity contribution in [2.24, 2.45) is 5.41 Å². The van der Waals surface area contributed by atoms with Gasteiger partial charge in [-0.15, -0.1) is 0 Å². The number of rotatable bonds is 3. The lowest BCUT2D eigenvalue weighted by Gasteiger charge is -2.39. The van der Waals surface area contributed by atoms with Gasteiger partial charge >= 0.3 is 0 Å². The van der Waals surface area contributed by atoms with Gasteiger partial charge in [-0.05, 0) is 50.4 Å². The first-order valence-electron chi connectivity index (χ1n) is 7.03. The zero-order valence-electron chi connectivity index (χ0n) is 12.2. The van der Waals surface area contributed by atoms with Crippen molar-refractivity contribution in [3.63, 3.8) is 0 Å². The zero-order chi connectivity index (χ0) is 14.9. The summed E-state index contributed by atoms with van der Waals surface area (Å²) >= 11 is 0. The summed E-state index contributed by atoms with van der Waals surface area (Å²) in [6.45, 7) is 7.90. The molecular formula is C16H21F2NO. The predicted octanol–water partition coefficient (Wildman–Crippen LogP) is 3.66. The minimum Gasteiger partial charge on any atom is -0.293 e. The van der Waals surface area contributed by atoms with Crippen molar-refractivity contribution in [2.45, 2.75) is 39.7 Å². The number of piperidine rings is 1. The van der Waals surface area contributed by atoms with Crippen LogP contribution in [0, 0.1) is 17.0 Å². The molecule has 0 amide bonds.